The maximum atomic E-state index is 5.48. The molecule has 2 N–H and O–H groups in total. The van der Waals surface area contributed by atoms with Crippen LogP contribution < -0.4 is 5.73 Å². The molecule has 0 aliphatic carbocycles. The van der Waals surface area contributed by atoms with Gasteiger partial charge in [-0.2, -0.15) is 0 Å². The molecule has 0 aromatic carbocycles. The molecule has 0 radical (unpaired) electrons. The third-order valence-electron chi connectivity index (χ3n) is 0.893. The molecule has 52 valence electrons. The molecule has 0 aliphatic heterocycles. The van der Waals surface area contributed by atoms with Crippen LogP contribution in [0.4, 0.5) is 0 Å². The summed E-state index contributed by atoms with van der Waals surface area (Å²) < 4.78 is 0. The van der Waals surface area contributed by atoms with Gasteiger partial charge in [0.2, 0.25) is 0 Å². The topological polar surface area (TPSA) is 38.4 Å². The van der Waals surface area contributed by atoms with Crippen LogP contribution in [0, 0.1) is 0 Å². The van der Waals surface area contributed by atoms with Crippen molar-refractivity contribution in [3.8, 4) is 0 Å². The van der Waals surface area contributed by atoms with Crippen LogP contribution in [0.2, 0.25) is 0 Å². The summed E-state index contributed by atoms with van der Waals surface area (Å²) in [6.45, 7) is 9.40. The van der Waals surface area contributed by atoms with Gasteiger partial charge in [0.05, 0.1) is 0 Å². The van der Waals surface area contributed by atoms with Crippen LogP contribution >= 0.6 is 0 Å². The quantitative estimate of drug-likeness (QED) is 0.557. The van der Waals surface area contributed by atoms with Gasteiger partial charge in [0.15, 0.2) is 0 Å². The molecule has 0 saturated carbocycles. The van der Waals surface area contributed by atoms with Gasteiger partial charge in [-0.25, -0.2) is 0 Å². The van der Waals surface area contributed by atoms with Crippen LogP contribution in [-0.4, -0.2) is 11.8 Å². The Balaban J connectivity index is 3.93. The lowest BCUT2D eigenvalue weighted by atomic mass is 10.3. The Hall–Kier alpha value is -0.630. The highest BCUT2D eigenvalue weighted by Gasteiger charge is 1.95. The fourth-order valence-electron chi connectivity index (χ4n) is 0.389. The number of aliphatic imine (C=N–C) groups is 1. The summed E-state index contributed by atoms with van der Waals surface area (Å²) in [7, 11) is 0. The Bertz CT molecular complexity index is 130. The van der Waals surface area contributed by atoms with E-state index in [2.05, 4.69) is 11.6 Å². The van der Waals surface area contributed by atoms with Crippen molar-refractivity contribution in [1.82, 2.24) is 0 Å². The second-order valence-electron chi connectivity index (χ2n) is 2.34. The van der Waals surface area contributed by atoms with Gasteiger partial charge < -0.3 is 5.73 Å². The van der Waals surface area contributed by atoms with E-state index in [1.54, 1.807) is 0 Å². The van der Waals surface area contributed by atoms with Gasteiger partial charge in [-0.3, -0.25) is 4.99 Å². The van der Waals surface area contributed by atoms with E-state index in [-0.39, 0.29) is 6.04 Å². The zero-order chi connectivity index (χ0) is 7.44. The summed E-state index contributed by atoms with van der Waals surface area (Å²) in [5, 5.41) is 0. The predicted octanol–water partition coefficient (Wildman–Crippen LogP) is 1.33. The second-order valence-corrected chi connectivity index (χ2v) is 2.34. The smallest absolute Gasteiger partial charge is 0.0495 e. The molecule has 1 atom stereocenters. The van der Waals surface area contributed by atoms with Crippen LogP contribution in [0.3, 0.4) is 0 Å². The van der Waals surface area contributed by atoms with Gasteiger partial charge >= 0.3 is 0 Å². The van der Waals surface area contributed by atoms with E-state index in [1.807, 2.05) is 20.8 Å². The van der Waals surface area contributed by atoms with Crippen LogP contribution in [0.15, 0.2) is 17.3 Å². The van der Waals surface area contributed by atoms with E-state index in [9.17, 15) is 0 Å². The standard InChI is InChI=1S/C7H14N2/c1-5(2)9-7(4)6(3)8/h6H,4,8H2,1-3H3. The van der Waals surface area contributed by atoms with E-state index < -0.39 is 0 Å². The molecule has 0 fully saturated rings. The van der Waals surface area contributed by atoms with Crippen molar-refractivity contribution in [1.29, 1.82) is 0 Å². The molecular weight excluding hydrogens is 112 g/mol. The van der Waals surface area contributed by atoms with Crippen molar-refractivity contribution in [2.24, 2.45) is 10.7 Å². The monoisotopic (exact) mass is 126 g/mol. The fraction of sp³-hybridized carbons (Fsp3) is 0.571. The lowest BCUT2D eigenvalue weighted by molar-refractivity contribution is 0.851. The molecule has 0 bridgehead atoms. The number of rotatable bonds is 2. The van der Waals surface area contributed by atoms with Crippen LogP contribution in [0.5, 0.6) is 0 Å². The summed E-state index contributed by atoms with van der Waals surface area (Å²) in [4.78, 5) is 4.07. The van der Waals surface area contributed by atoms with E-state index >= 15 is 0 Å². The molecule has 2 nitrogen and oxygen atoms in total. The third kappa shape index (κ3) is 3.91. The Morgan fingerprint density at radius 3 is 2.11 bits per heavy atom. The molecule has 0 heterocycles. The largest absolute Gasteiger partial charge is 0.323 e. The number of nitrogens with two attached hydrogens (primary N) is 1. The van der Waals surface area contributed by atoms with Crippen molar-refractivity contribution < 1.29 is 0 Å². The highest BCUT2D eigenvalue weighted by Crippen LogP contribution is 1.96. The molecule has 0 aliphatic rings. The second kappa shape index (κ2) is 3.41. The molecule has 0 aromatic rings. The molecule has 0 saturated heterocycles. The molecule has 0 spiro atoms. The zero-order valence-electron chi connectivity index (χ0n) is 6.31. The molecule has 0 aromatic heterocycles. The first-order chi connectivity index (χ1) is 4.04. The van der Waals surface area contributed by atoms with Gasteiger partial charge in [0, 0.05) is 17.5 Å². The lowest BCUT2D eigenvalue weighted by Crippen LogP contribution is -2.16. The molecule has 0 amide bonds. The summed E-state index contributed by atoms with van der Waals surface area (Å²) in [5.41, 5.74) is 7.22. The highest BCUT2D eigenvalue weighted by atomic mass is 14.8. The van der Waals surface area contributed by atoms with E-state index in [0.29, 0.717) is 0 Å². The Kier molecular flexibility index (Phi) is 3.17. The minimum Gasteiger partial charge on any atom is -0.323 e. The molecule has 2 heteroatoms. The van der Waals surface area contributed by atoms with Crippen molar-refractivity contribution >= 4 is 5.71 Å². The van der Waals surface area contributed by atoms with E-state index in [4.69, 9.17) is 5.73 Å². The number of hydrogen-bond donors (Lipinski definition) is 1. The predicted molar refractivity (Wildman–Crippen MR) is 41.6 cm³/mol. The fourth-order valence-corrected chi connectivity index (χ4v) is 0.389. The first kappa shape index (κ1) is 8.37. The summed E-state index contributed by atoms with van der Waals surface area (Å²) in [5.74, 6) is 0. The van der Waals surface area contributed by atoms with Crippen LogP contribution in [0.1, 0.15) is 20.8 Å². The first-order valence-electron chi connectivity index (χ1n) is 3.00. The number of hydrogen-bond acceptors (Lipinski definition) is 2. The average Bonchev–Trinajstić information content (AvgIpc) is 1.63. The Morgan fingerprint density at radius 1 is 1.56 bits per heavy atom. The maximum absolute atomic E-state index is 5.48. The van der Waals surface area contributed by atoms with Gasteiger partial charge in [-0.05, 0) is 20.8 Å². The van der Waals surface area contributed by atoms with Crippen molar-refractivity contribution in [3.05, 3.63) is 12.3 Å². The summed E-state index contributed by atoms with van der Waals surface area (Å²) in [6.07, 6.45) is 0. The minimum absolute atomic E-state index is 0.0279. The maximum Gasteiger partial charge on any atom is 0.0495 e. The Labute approximate surface area is 56.5 Å². The average molecular weight is 126 g/mol. The van der Waals surface area contributed by atoms with E-state index in [1.165, 1.54) is 0 Å². The van der Waals surface area contributed by atoms with Gasteiger partial charge in [0.25, 0.3) is 0 Å². The molecule has 9 heavy (non-hydrogen) atoms. The minimum atomic E-state index is -0.0279. The Morgan fingerprint density at radius 2 is 2.00 bits per heavy atom. The highest BCUT2D eigenvalue weighted by molar-refractivity contribution is 5.80. The zero-order valence-corrected chi connectivity index (χ0v) is 6.31. The number of nitrogens with zero attached hydrogens (tertiary/aromatic N) is 1. The third-order valence-corrected chi connectivity index (χ3v) is 0.893. The lowest BCUT2D eigenvalue weighted by Gasteiger charge is -2.02. The molecule has 1 unspecified atom stereocenters. The first-order valence-corrected chi connectivity index (χ1v) is 3.00. The van der Waals surface area contributed by atoms with Gasteiger partial charge in [0.1, 0.15) is 0 Å². The summed E-state index contributed by atoms with van der Waals surface area (Å²) >= 11 is 0. The van der Waals surface area contributed by atoms with Crippen molar-refractivity contribution in [2.75, 3.05) is 0 Å². The van der Waals surface area contributed by atoms with Crippen molar-refractivity contribution in [2.45, 2.75) is 26.8 Å². The van der Waals surface area contributed by atoms with Crippen LogP contribution in [-0.2, 0) is 0 Å². The van der Waals surface area contributed by atoms with E-state index in [0.717, 1.165) is 11.4 Å². The van der Waals surface area contributed by atoms with Crippen molar-refractivity contribution in [3.63, 3.8) is 0 Å². The van der Waals surface area contributed by atoms with Crippen LogP contribution in [0.25, 0.3) is 0 Å². The molecule has 0 rings (SSSR count). The SMILES string of the molecule is C=C(N=C(C)C)C(C)N. The summed E-state index contributed by atoms with van der Waals surface area (Å²) in [6, 6.07) is -0.0279. The molecular formula is C7H14N2. The normalized spacial score (nSPS) is 12.4. The van der Waals surface area contributed by atoms with Gasteiger partial charge in [-0.1, -0.05) is 6.58 Å². The van der Waals surface area contributed by atoms with Gasteiger partial charge in [-0.15, -0.1) is 0 Å².